The summed E-state index contributed by atoms with van der Waals surface area (Å²) in [6.07, 6.45) is 4.29. The van der Waals surface area contributed by atoms with Crippen LogP contribution in [0, 0.1) is 0 Å². The summed E-state index contributed by atoms with van der Waals surface area (Å²) in [5, 5.41) is 0. The van der Waals surface area contributed by atoms with Crippen LogP contribution in [-0.2, 0) is 23.1 Å². The van der Waals surface area contributed by atoms with E-state index in [9.17, 15) is 4.79 Å². The Morgan fingerprint density at radius 2 is 2.17 bits per heavy atom. The average Bonchev–Trinajstić information content (AvgIpc) is 2.39. The van der Waals surface area contributed by atoms with Crippen LogP contribution in [0.25, 0.3) is 0 Å². The fourth-order valence-electron chi connectivity index (χ4n) is 2.70. The lowest BCUT2D eigenvalue weighted by Gasteiger charge is -2.35. The Morgan fingerprint density at radius 3 is 3.00 bits per heavy atom. The highest BCUT2D eigenvalue weighted by Crippen LogP contribution is 2.49. The minimum atomic E-state index is -0.0497. The number of hydrogen-bond acceptors (Lipinski definition) is 1. The van der Waals surface area contributed by atoms with Crippen LogP contribution >= 0.6 is 0 Å². The van der Waals surface area contributed by atoms with Crippen molar-refractivity contribution in [3.63, 3.8) is 0 Å². The van der Waals surface area contributed by atoms with Gasteiger partial charge in [-0.05, 0) is 36.0 Å². The molecule has 3 rings (SSSR count). The zero-order chi connectivity index (χ0) is 8.18. The maximum Gasteiger partial charge on any atom is 0.130 e. The Morgan fingerprint density at radius 1 is 1.33 bits per heavy atom. The van der Waals surface area contributed by atoms with E-state index in [0.29, 0.717) is 0 Å². The monoisotopic (exact) mass is 158 g/mol. The molecule has 0 fully saturated rings. The predicted octanol–water partition coefficient (Wildman–Crippen LogP) is 1.63. The molecule has 1 nitrogen and oxygen atoms in total. The quantitative estimate of drug-likeness (QED) is 0.568. The first-order valence-electron chi connectivity index (χ1n) is 4.43. The lowest BCUT2D eigenvalue weighted by molar-refractivity contribution is -0.113. The molecule has 1 aromatic rings. The van der Waals surface area contributed by atoms with E-state index in [1.807, 2.05) is 0 Å². The van der Waals surface area contributed by atoms with Crippen molar-refractivity contribution in [3.8, 4) is 0 Å². The lowest BCUT2D eigenvalue weighted by Crippen LogP contribution is -2.37. The molecular formula is C11H10O. The van der Waals surface area contributed by atoms with E-state index >= 15 is 0 Å². The van der Waals surface area contributed by atoms with E-state index in [1.54, 1.807) is 0 Å². The first-order chi connectivity index (χ1) is 5.86. The molecule has 0 saturated heterocycles. The van der Waals surface area contributed by atoms with Crippen molar-refractivity contribution in [2.24, 2.45) is 0 Å². The van der Waals surface area contributed by atoms with Crippen LogP contribution in [0.3, 0.4) is 0 Å². The van der Waals surface area contributed by atoms with Crippen molar-refractivity contribution >= 4 is 6.29 Å². The molecule has 0 bridgehead atoms. The van der Waals surface area contributed by atoms with Gasteiger partial charge in [0.05, 0.1) is 5.41 Å². The van der Waals surface area contributed by atoms with Gasteiger partial charge >= 0.3 is 0 Å². The summed E-state index contributed by atoms with van der Waals surface area (Å²) >= 11 is 0. The number of carbonyl (C=O) groups is 1. The molecule has 2 aliphatic rings. The Bertz CT molecular complexity index is 367. The summed E-state index contributed by atoms with van der Waals surface area (Å²) in [7, 11) is 0. The van der Waals surface area contributed by atoms with Gasteiger partial charge in [0.15, 0.2) is 0 Å². The maximum atomic E-state index is 10.9. The maximum absolute atomic E-state index is 10.9. The molecule has 0 aromatic heterocycles. The van der Waals surface area contributed by atoms with Crippen molar-refractivity contribution in [1.82, 2.24) is 0 Å². The molecule has 0 radical (unpaired) electrons. The van der Waals surface area contributed by atoms with E-state index in [1.165, 1.54) is 16.7 Å². The van der Waals surface area contributed by atoms with Gasteiger partial charge in [-0.25, -0.2) is 0 Å². The molecule has 60 valence electrons. The minimum absolute atomic E-state index is 0.0497. The Kier molecular flexibility index (Phi) is 0.957. The number of benzene rings is 1. The highest BCUT2D eigenvalue weighted by Gasteiger charge is 2.47. The fourth-order valence-corrected chi connectivity index (χ4v) is 2.70. The molecule has 0 aliphatic heterocycles. The summed E-state index contributed by atoms with van der Waals surface area (Å²) in [6.45, 7) is 0. The molecule has 1 atom stereocenters. The second-order valence-electron chi connectivity index (χ2n) is 3.90. The van der Waals surface area contributed by atoms with Crippen molar-refractivity contribution in [2.75, 3.05) is 0 Å². The molecule has 1 aromatic carbocycles. The third-order valence-electron chi connectivity index (χ3n) is 3.31. The van der Waals surface area contributed by atoms with Crippen molar-refractivity contribution in [1.29, 1.82) is 0 Å². The van der Waals surface area contributed by atoms with Crippen LogP contribution in [-0.4, -0.2) is 6.29 Å². The molecule has 0 N–H and O–H groups in total. The van der Waals surface area contributed by atoms with Gasteiger partial charge in [-0.1, -0.05) is 18.2 Å². The summed E-state index contributed by atoms with van der Waals surface area (Å²) in [5.41, 5.74) is 4.12. The number of rotatable bonds is 1. The second kappa shape index (κ2) is 1.79. The number of carbonyl (C=O) groups excluding carboxylic acids is 1. The second-order valence-corrected chi connectivity index (χ2v) is 3.90. The molecular weight excluding hydrogens is 148 g/mol. The van der Waals surface area contributed by atoms with Crippen LogP contribution in [0.4, 0.5) is 0 Å². The van der Waals surface area contributed by atoms with Gasteiger partial charge in [-0.15, -0.1) is 0 Å². The topological polar surface area (TPSA) is 17.1 Å². The highest BCUT2D eigenvalue weighted by molar-refractivity contribution is 5.78. The van der Waals surface area contributed by atoms with Crippen LogP contribution in [0.1, 0.15) is 23.1 Å². The zero-order valence-corrected chi connectivity index (χ0v) is 6.84. The van der Waals surface area contributed by atoms with E-state index in [2.05, 4.69) is 18.2 Å². The van der Waals surface area contributed by atoms with E-state index in [0.717, 1.165) is 25.5 Å². The lowest BCUT2D eigenvalue weighted by atomic mass is 9.66. The summed E-state index contributed by atoms with van der Waals surface area (Å²) in [5.74, 6) is 0. The predicted molar refractivity (Wildman–Crippen MR) is 46.2 cm³/mol. The fraction of sp³-hybridized carbons (Fsp3) is 0.364. The van der Waals surface area contributed by atoms with Crippen LogP contribution in [0.5, 0.6) is 0 Å². The Balaban J connectivity index is 2.30. The normalized spacial score (nSPS) is 29.3. The van der Waals surface area contributed by atoms with Crippen molar-refractivity contribution in [3.05, 3.63) is 34.9 Å². The molecule has 1 unspecified atom stereocenters. The van der Waals surface area contributed by atoms with Crippen molar-refractivity contribution < 1.29 is 4.79 Å². The largest absolute Gasteiger partial charge is 0.302 e. The summed E-state index contributed by atoms with van der Waals surface area (Å²) in [4.78, 5) is 10.9. The van der Waals surface area contributed by atoms with Gasteiger partial charge < -0.3 is 4.79 Å². The van der Waals surface area contributed by atoms with E-state index < -0.39 is 0 Å². The highest BCUT2D eigenvalue weighted by atomic mass is 16.1. The number of aryl methyl sites for hydroxylation is 1. The molecule has 0 heterocycles. The third-order valence-corrected chi connectivity index (χ3v) is 3.31. The SMILES string of the molecule is O=CC12CCc3cccc(c31)C2. The van der Waals surface area contributed by atoms with Crippen LogP contribution in [0.2, 0.25) is 0 Å². The van der Waals surface area contributed by atoms with Gasteiger partial charge in [-0.2, -0.15) is 0 Å². The summed E-state index contributed by atoms with van der Waals surface area (Å²) in [6, 6.07) is 6.41. The van der Waals surface area contributed by atoms with Gasteiger partial charge in [-0.3, -0.25) is 0 Å². The first kappa shape index (κ1) is 6.41. The standard InChI is InChI=1S/C11H10O/c12-7-11-5-4-8-2-1-3-9(6-11)10(8)11/h1-3,7H,4-6H2. The summed E-state index contributed by atoms with van der Waals surface area (Å²) < 4.78 is 0. The van der Waals surface area contributed by atoms with Gasteiger partial charge in [0.25, 0.3) is 0 Å². The number of hydrogen-bond donors (Lipinski definition) is 0. The molecule has 0 spiro atoms. The van der Waals surface area contributed by atoms with Crippen molar-refractivity contribution in [2.45, 2.75) is 24.7 Å². The Hall–Kier alpha value is -1.11. The van der Waals surface area contributed by atoms with Gasteiger partial charge in [0.1, 0.15) is 6.29 Å². The average molecular weight is 158 g/mol. The van der Waals surface area contributed by atoms with Crippen LogP contribution < -0.4 is 0 Å². The molecule has 1 heteroatoms. The van der Waals surface area contributed by atoms with Gasteiger partial charge in [0.2, 0.25) is 0 Å². The molecule has 12 heavy (non-hydrogen) atoms. The molecule has 0 amide bonds. The zero-order valence-electron chi connectivity index (χ0n) is 6.84. The molecule has 2 aliphatic carbocycles. The molecule has 0 saturated carbocycles. The van der Waals surface area contributed by atoms with E-state index in [4.69, 9.17) is 0 Å². The van der Waals surface area contributed by atoms with Gasteiger partial charge in [0, 0.05) is 0 Å². The van der Waals surface area contributed by atoms with E-state index in [-0.39, 0.29) is 5.41 Å². The Labute approximate surface area is 71.4 Å². The third kappa shape index (κ3) is 0.512. The smallest absolute Gasteiger partial charge is 0.130 e. The number of aldehydes is 1. The minimum Gasteiger partial charge on any atom is -0.302 e. The van der Waals surface area contributed by atoms with Crippen LogP contribution in [0.15, 0.2) is 18.2 Å². The first-order valence-corrected chi connectivity index (χ1v) is 4.43.